The largest absolute Gasteiger partial charge is 0.351 e. The predicted octanol–water partition coefficient (Wildman–Crippen LogP) is 3.53. The van der Waals surface area contributed by atoms with Crippen molar-refractivity contribution in [3.8, 4) is 0 Å². The van der Waals surface area contributed by atoms with Gasteiger partial charge in [-0.05, 0) is 43.0 Å². The molecule has 1 fully saturated rings. The summed E-state index contributed by atoms with van der Waals surface area (Å²) in [5.41, 5.74) is 3.16. The van der Waals surface area contributed by atoms with E-state index in [2.05, 4.69) is 63.4 Å². The summed E-state index contributed by atoms with van der Waals surface area (Å²) in [6.07, 6.45) is 5.02. The van der Waals surface area contributed by atoms with Crippen LogP contribution in [-0.2, 0) is 13.1 Å². The highest BCUT2D eigenvalue weighted by atomic mass is 16.1. The fraction of sp³-hybridized carbons (Fsp3) is 0.500. The maximum Gasteiger partial charge on any atom is 0.274 e. The molecule has 7 nitrogen and oxygen atoms in total. The number of nitrogens with one attached hydrogen (secondary N) is 2. The molecule has 2 aromatic heterocycles. The van der Waals surface area contributed by atoms with Crippen molar-refractivity contribution in [3.05, 3.63) is 57.5 Å². The maximum absolute atomic E-state index is 12.5. The van der Waals surface area contributed by atoms with Gasteiger partial charge in [-0.25, -0.2) is 4.98 Å². The zero-order valence-electron chi connectivity index (χ0n) is 17.3. The van der Waals surface area contributed by atoms with Gasteiger partial charge in [0.05, 0.1) is 5.69 Å². The SMILES string of the molecule is CC(C)c1ccc(CNc2nc3nc(CN4CCCCCC4)cc(=O)n3[nH]2)cc1. The molecule has 3 aromatic rings. The Balaban J connectivity index is 1.45. The zero-order chi connectivity index (χ0) is 20.2. The molecule has 154 valence electrons. The van der Waals surface area contributed by atoms with E-state index in [1.54, 1.807) is 6.07 Å². The van der Waals surface area contributed by atoms with Crippen molar-refractivity contribution in [2.24, 2.45) is 0 Å². The van der Waals surface area contributed by atoms with E-state index in [4.69, 9.17) is 0 Å². The molecule has 1 aromatic carbocycles. The number of aromatic amines is 1. The van der Waals surface area contributed by atoms with Crippen LogP contribution in [0.25, 0.3) is 5.78 Å². The summed E-state index contributed by atoms with van der Waals surface area (Å²) in [6, 6.07) is 10.2. The molecule has 1 saturated heterocycles. The van der Waals surface area contributed by atoms with E-state index in [0.717, 1.165) is 24.3 Å². The summed E-state index contributed by atoms with van der Waals surface area (Å²) >= 11 is 0. The van der Waals surface area contributed by atoms with Crippen LogP contribution < -0.4 is 10.9 Å². The number of aromatic nitrogens is 4. The first-order valence-corrected chi connectivity index (χ1v) is 10.6. The summed E-state index contributed by atoms with van der Waals surface area (Å²) in [7, 11) is 0. The Morgan fingerprint density at radius 2 is 1.79 bits per heavy atom. The number of H-pyrrole nitrogens is 1. The van der Waals surface area contributed by atoms with Crippen molar-refractivity contribution >= 4 is 11.7 Å². The lowest BCUT2D eigenvalue weighted by Crippen LogP contribution is -2.26. The molecule has 0 atom stereocenters. The number of nitrogens with zero attached hydrogens (tertiary/aromatic N) is 4. The molecule has 0 bridgehead atoms. The van der Waals surface area contributed by atoms with Crippen LogP contribution in [0.5, 0.6) is 0 Å². The second kappa shape index (κ2) is 8.78. The first kappa shape index (κ1) is 19.6. The molecule has 0 aliphatic carbocycles. The Bertz CT molecular complexity index is 996. The van der Waals surface area contributed by atoms with Gasteiger partial charge >= 0.3 is 0 Å². The highest BCUT2D eigenvalue weighted by Crippen LogP contribution is 2.15. The second-order valence-corrected chi connectivity index (χ2v) is 8.23. The minimum Gasteiger partial charge on any atom is -0.351 e. The first-order valence-electron chi connectivity index (χ1n) is 10.6. The lowest BCUT2D eigenvalue weighted by Gasteiger charge is -2.18. The standard InChI is InChI=1S/C22H30N6O/c1-16(2)18-9-7-17(8-10-18)14-23-21-25-22-24-19(13-20(29)28(22)26-21)15-27-11-5-3-4-6-12-27/h7-10,13,16H,3-6,11-12,14-15H2,1-2H3,(H2,23,24,25,26). The molecule has 0 saturated carbocycles. The third-order valence-corrected chi connectivity index (χ3v) is 5.57. The molecule has 4 rings (SSSR count). The molecule has 2 N–H and O–H groups in total. The minimum absolute atomic E-state index is 0.123. The quantitative estimate of drug-likeness (QED) is 0.669. The van der Waals surface area contributed by atoms with E-state index >= 15 is 0 Å². The smallest absolute Gasteiger partial charge is 0.274 e. The van der Waals surface area contributed by atoms with Gasteiger partial charge in [-0.1, -0.05) is 51.0 Å². The van der Waals surface area contributed by atoms with Crippen LogP contribution in [-0.4, -0.2) is 37.6 Å². The molecule has 7 heteroatoms. The molecule has 3 heterocycles. The van der Waals surface area contributed by atoms with Gasteiger partial charge in [0.25, 0.3) is 11.3 Å². The van der Waals surface area contributed by atoms with E-state index in [-0.39, 0.29) is 5.56 Å². The third kappa shape index (κ3) is 4.85. The topological polar surface area (TPSA) is 78.3 Å². The van der Waals surface area contributed by atoms with E-state index in [0.29, 0.717) is 30.7 Å². The van der Waals surface area contributed by atoms with Gasteiger partial charge in [-0.3, -0.25) is 14.8 Å². The summed E-state index contributed by atoms with van der Waals surface area (Å²) in [6.45, 7) is 7.87. The van der Waals surface area contributed by atoms with Crippen LogP contribution in [0.4, 0.5) is 5.95 Å². The van der Waals surface area contributed by atoms with Crippen molar-refractivity contribution in [2.75, 3.05) is 18.4 Å². The summed E-state index contributed by atoms with van der Waals surface area (Å²) < 4.78 is 1.40. The van der Waals surface area contributed by atoms with Crippen LogP contribution in [0.2, 0.25) is 0 Å². The molecule has 29 heavy (non-hydrogen) atoms. The van der Waals surface area contributed by atoms with Crippen molar-refractivity contribution in [1.82, 2.24) is 24.5 Å². The van der Waals surface area contributed by atoms with Crippen LogP contribution in [0.3, 0.4) is 0 Å². The molecule has 1 aliphatic rings. The number of fused-ring (bicyclic) bond motifs is 1. The average molecular weight is 395 g/mol. The van der Waals surface area contributed by atoms with Gasteiger partial charge in [-0.15, -0.1) is 0 Å². The number of benzene rings is 1. The van der Waals surface area contributed by atoms with E-state index in [1.165, 1.54) is 35.8 Å². The zero-order valence-corrected chi connectivity index (χ0v) is 17.3. The fourth-order valence-electron chi connectivity index (χ4n) is 3.82. The molecule has 0 spiro atoms. The average Bonchev–Trinajstić information content (AvgIpc) is 2.95. The van der Waals surface area contributed by atoms with Gasteiger partial charge in [0.2, 0.25) is 5.95 Å². The molecule has 0 amide bonds. The fourth-order valence-corrected chi connectivity index (χ4v) is 3.82. The Hall–Kier alpha value is -2.67. The second-order valence-electron chi connectivity index (χ2n) is 8.23. The number of hydrogen-bond acceptors (Lipinski definition) is 5. The van der Waals surface area contributed by atoms with Gasteiger partial charge in [0.15, 0.2) is 0 Å². The lowest BCUT2D eigenvalue weighted by atomic mass is 10.0. The number of rotatable bonds is 6. The summed E-state index contributed by atoms with van der Waals surface area (Å²) in [5.74, 6) is 1.49. The van der Waals surface area contributed by atoms with Crippen LogP contribution >= 0.6 is 0 Å². The van der Waals surface area contributed by atoms with Crippen molar-refractivity contribution in [1.29, 1.82) is 0 Å². The lowest BCUT2D eigenvalue weighted by molar-refractivity contribution is 0.273. The highest BCUT2D eigenvalue weighted by Gasteiger charge is 2.13. The van der Waals surface area contributed by atoms with Crippen molar-refractivity contribution < 1.29 is 0 Å². The van der Waals surface area contributed by atoms with Crippen LogP contribution in [0.15, 0.2) is 35.1 Å². The summed E-state index contributed by atoms with van der Waals surface area (Å²) in [5, 5.41) is 6.27. The molecular weight excluding hydrogens is 364 g/mol. The number of hydrogen-bond donors (Lipinski definition) is 2. The monoisotopic (exact) mass is 394 g/mol. The summed E-state index contributed by atoms with van der Waals surface area (Å²) in [4.78, 5) is 24.0. The minimum atomic E-state index is -0.123. The third-order valence-electron chi connectivity index (χ3n) is 5.57. The van der Waals surface area contributed by atoms with Gasteiger partial charge in [-0.2, -0.15) is 9.50 Å². The Morgan fingerprint density at radius 3 is 2.48 bits per heavy atom. The molecule has 0 unspecified atom stereocenters. The molecule has 0 radical (unpaired) electrons. The van der Waals surface area contributed by atoms with Crippen molar-refractivity contribution in [2.45, 2.75) is 58.5 Å². The highest BCUT2D eigenvalue weighted by molar-refractivity contribution is 5.38. The Kier molecular flexibility index (Phi) is 5.94. The van der Waals surface area contributed by atoms with Crippen LogP contribution in [0.1, 0.15) is 62.3 Å². The van der Waals surface area contributed by atoms with Gasteiger partial charge in [0.1, 0.15) is 0 Å². The van der Waals surface area contributed by atoms with Gasteiger partial charge < -0.3 is 5.32 Å². The van der Waals surface area contributed by atoms with E-state index in [1.807, 2.05) is 0 Å². The number of likely N-dealkylation sites (tertiary alicyclic amines) is 1. The molecular formula is C22H30N6O. The Labute approximate surface area is 171 Å². The number of anilines is 1. The van der Waals surface area contributed by atoms with Crippen LogP contribution in [0, 0.1) is 0 Å². The van der Waals surface area contributed by atoms with E-state index < -0.39 is 0 Å². The first-order chi connectivity index (χ1) is 14.1. The predicted molar refractivity (Wildman–Crippen MR) is 115 cm³/mol. The normalized spacial score (nSPS) is 15.7. The maximum atomic E-state index is 12.5. The van der Waals surface area contributed by atoms with Gasteiger partial charge in [0, 0.05) is 19.2 Å². The Morgan fingerprint density at radius 1 is 1.07 bits per heavy atom. The van der Waals surface area contributed by atoms with Crippen molar-refractivity contribution in [3.63, 3.8) is 0 Å². The molecule has 1 aliphatic heterocycles. The van der Waals surface area contributed by atoms with E-state index in [9.17, 15) is 4.79 Å².